The molecule has 0 radical (unpaired) electrons. The van der Waals surface area contributed by atoms with Gasteiger partial charge in [-0.05, 0) is 12.5 Å². The summed E-state index contributed by atoms with van der Waals surface area (Å²) in [6, 6.07) is 4.19. The van der Waals surface area contributed by atoms with E-state index < -0.39 is 34.7 Å². The fourth-order valence-corrected chi connectivity index (χ4v) is 2.26. The first-order valence-corrected chi connectivity index (χ1v) is 7.22. The van der Waals surface area contributed by atoms with Crippen LogP contribution in [0.4, 0.5) is 5.69 Å². The van der Waals surface area contributed by atoms with Crippen molar-refractivity contribution in [2.24, 2.45) is 5.73 Å². The van der Waals surface area contributed by atoms with Crippen LogP contribution in [0.15, 0.2) is 24.3 Å². The third kappa shape index (κ3) is 5.34. The highest BCUT2D eigenvalue weighted by Gasteiger charge is 2.31. The van der Waals surface area contributed by atoms with Crippen molar-refractivity contribution < 1.29 is 24.0 Å². The molecule has 2 amide bonds. The second-order valence-corrected chi connectivity index (χ2v) is 5.04. The van der Waals surface area contributed by atoms with E-state index in [9.17, 15) is 24.5 Å². The Kier molecular flexibility index (Phi) is 6.84. The number of amides is 2. The highest BCUT2D eigenvalue weighted by atomic mass is 16.6. The normalized spacial score (nSPS) is 12.8. The van der Waals surface area contributed by atoms with Crippen LogP contribution in [0.3, 0.4) is 0 Å². The highest BCUT2D eigenvalue weighted by molar-refractivity contribution is 5.87. The summed E-state index contributed by atoms with van der Waals surface area (Å²) >= 11 is 0. The van der Waals surface area contributed by atoms with E-state index in [1.165, 1.54) is 31.2 Å². The van der Waals surface area contributed by atoms with Crippen molar-refractivity contribution in [3.05, 3.63) is 39.9 Å². The van der Waals surface area contributed by atoms with Crippen molar-refractivity contribution >= 4 is 23.5 Å². The molecule has 24 heavy (non-hydrogen) atoms. The van der Waals surface area contributed by atoms with Crippen molar-refractivity contribution in [3.8, 4) is 0 Å². The van der Waals surface area contributed by atoms with E-state index in [1.54, 1.807) is 6.92 Å². The minimum absolute atomic E-state index is 0.135. The van der Waals surface area contributed by atoms with Crippen LogP contribution in [-0.2, 0) is 19.1 Å². The first kappa shape index (κ1) is 19.1. The van der Waals surface area contributed by atoms with E-state index >= 15 is 0 Å². The van der Waals surface area contributed by atoms with Gasteiger partial charge in [0.25, 0.3) is 5.69 Å². The van der Waals surface area contributed by atoms with Crippen molar-refractivity contribution in [3.63, 3.8) is 0 Å². The predicted molar refractivity (Wildman–Crippen MR) is 83.9 cm³/mol. The number of ether oxygens (including phenoxy) is 1. The van der Waals surface area contributed by atoms with E-state index in [0.29, 0.717) is 5.56 Å². The summed E-state index contributed by atoms with van der Waals surface area (Å²) < 4.78 is 4.88. The SMILES string of the molecule is CCOC(=O)C[C@H](c1ccc([N+](=O)[O-])cc1)[C@@H](NC(C)=O)C(N)=O. The van der Waals surface area contributed by atoms with Gasteiger partial charge in [0.05, 0.1) is 18.0 Å². The van der Waals surface area contributed by atoms with Gasteiger partial charge in [-0.25, -0.2) is 0 Å². The Morgan fingerprint density at radius 2 is 1.88 bits per heavy atom. The maximum absolute atomic E-state index is 11.8. The number of hydrogen-bond acceptors (Lipinski definition) is 6. The van der Waals surface area contributed by atoms with Crippen LogP contribution in [0.2, 0.25) is 0 Å². The lowest BCUT2D eigenvalue weighted by molar-refractivity contribution is -0.384. The second kappa shape index (κ2) is 8.61. The largest absolute Gasteiger partial charge is 0.466 e. The molecule has 0 heterocycles. The number of nitro groups is 1. The van der Waals surface area contributed by atoms with Gasteiger partial charge in [-0.2, -0.15) is 0 Å². The Hall–Kier alpha value is -2.97. The van der Waals surface area contributed by atoms with E-state index in [1.807, 2.05) is 0 Å². The van der Waals surface area contributed by atoms with Gasteiger partial charge in [0.1, 0.15) is 6.04 Å². The molecule has 0 aliphatic carbocycles. The Morgan fingerprint density at radius 1 is 1.29 bits per heavy atom. The molecule has 0 fully saturated rings. The minimum atomic E-state index is -1.15. The molecule has 0 spiro atoms. The predicted octanol–water partition coefficient (Wildman–Crippen LogP) is 0.622. The third-order valence-electron chi connectivity index (χ3n) is 3.29. The number of nitrogens with one attached hydrogen (secondary N) is 1. The molecule has 1 aromatic carbocycles. The van der Waals surface area contributed by atoms with Gasteiger partial charge in [-0.1, -0.05) is 12.1 Å². The van der Waals surface area contributed by atoms with Crippen molar-refractivity contribution in [2.45, 2.75) is 32.2 Å². The number of primary amides is 1. The van der Waals surface area contributed by atoms with Gasteiger partial charge >= 0.3 is 5.97 Å². The summed E-state index contributed by atoms with van der Waals surface area (Å²) in [4.78, 5) is 45.0. The zero-order valence-electron chi connectivity index (χ0n) is 13.4. The first-order chi connectivity index (χ1) is 11.3. The number of hydrogen-bond donors (Lipinski definition) is 2. The molecule has 0 unspecified atom stereocenters. The lowest BCUT2D eigenvalue weighted by Gasteiger charge is -2.25. The van der Waals surface area contributed by atoms with Gasteiger partial charge in [0, 0.05) is 25.0 Å². The molecule has 0 aromatic heterocycles. The number of nitro benzene ring substituents is 1. The van der Waals surface area contributed by atoms with Crippen molar-refractivity contribution in [2.75, 3.05) is 6.61 Å². The molecular formula is C15H19N3O6. The zero-order valence-corrected chi connectivity index (χ0v) is 13.4. The van der Waals surface area contributed by atoms with Gasteiger partial charge in [-0.15, -0.1) is 0 Å². The zero-order chi connectivity index (χ0) is 18.3. The number of rotatable bonds is 8. The molecule has 9 heteroatoms. The smallest absolute Gasteiger partial charge is 0.306 e. The molecule has 9 nitrogen and oxygen atoms in total. The van der Waals surface area contributed by atoms with Gasteiger partial charge < -0.3 is 15.8 Å². The standard InChI is InChI=1S/C15H19N3O6/c1-3-24-13(20)8-12(14(15(16)21)17-9(2)19)10-4-6-11(7-5-10)18(22)23/h4-7,12,14H,3,8H2,1-2H3,(H2,16,21)(H,17,19)/t12-,14-/m1/s1. The average Bonchev–Trinajstić information content (AvgIpc) is 2.50. The molecule has 130 valence electrons. The number of nitrogens with two attached hydrogens (primary N) is 1. The van der Waals surface area contributed by atoms with Crippen LogP contribution in [0.1, 0.15) is 31.7 Å². The number of carbonyl (C=O) groups excluding carboxylic acids is 3. The first-order valence-electron chi connectivity index (χ1n) is 7.22. The third-order valence-corrected chi connectivity index (χ3v) is 3.29. The van der Waals surface area contributed by atoms with E-state index in [-0.39, 0.29) is 18.7 Å². The topological polar surface area (TPSA) is 142 Å². The van der Waals surface area contributed by atoms with Gasteiger partial charge in [-0.3, -0.25) is 24.5 Å². The lowest BCUT2D eigenvalue weighted by atomic mass is 9.87. The summed E-state index contributed by atoms with van der Waals surface area (Å²) in [5.41, 5.74) is 5.65. The van der Waals surface area contributed by atoms with E-state index in [0.717, 1.165) is 0 Å². The Bertz CT molecular complexity index is 629. The van der Waals surface area contributed by atoms with Crippen LogP contribution in [0.25, 0.3) is 0 Å². The molecule has 3 N–H and O–H groups in total. The molecule has 0 bridgehead atoms. The second-order valence-electron chi connectivity index (χ2n) is 5.04. The summed E-state index contributed by atoms with van der Waals surface area (Å²) in [6.07, 6.45) is -0.209. The number of carbonyl (C=O) groups is 3. The molecule has 0 saturated heterocycles. The monoisotopic (exact) mass is 337 g/mol. The maximum atomic E-state index is 11.8. The number of esters is 1. The quantitative estimate of drug-likeness (QED) is 0.404. The van der Waals surface area contributed by atoms with Crippen molar-refractivity contribution in [1.29, 1.82) is 0 Å². The molecule has 1 rings (SSSR count). The van der Waals surface area contributed by atoms with Crippen LogP contribution in [0, 0.1) is 10.1 Å². The Labute approximate surface area is 138 Å². The number of non-ortho nitro benzene ring substituents is 1. The van der Waals surface area contributed by atoms with Crippen LogP contribution in [-0.4, -0.2) is 35.4 Å². The minimum Gasteiger partial charge on any atom is -0.466 e. The summed E-state index contributed by atoms with van der Waals surface area (Å²) in [5.74, 6) is -2.68. The van der Waals surface area contributed by atoms with Gasteiger partial charge in [0.2, 0.25) is 11.8 Å². The Balaban J connectivity index is 3.19. The Morgan fingerprint density at radius 3 is 2.29 bits per heavy atom. The molecule has 0 saturated carbocycles. The van der Waals surface area contributed by atoms with E-state index in [4.69, 9.17) is 10.5 Å². The molecule has 1 aromatic rings. The molecule has 0 aliphatic heterocycles. The summed E-state index contributed by atoms with van der Waals surface area (Å²) in [6.45, 7) is 3.01. The van der Waals surface area contributed by atoms with Crippen LogP contribution in [0.5, 0.6) is 0 Å². The van der Waals surface area contributed by atoms with Crippen molar-refractivity contribution in [1.82, 2.24) is 5.32 Å². The molecule has 2 atom stereocenters. The highest BCUT2D eigenvalue weighted by Crippen LogP contribution is 2.26. The van der Waals surface area contributed by atoms with Crippen LogP contribution < -0.4 is 11.1 Å². The summed E-state index contributed by atoms with van der Waals surface area (Å²) in [7, 11) is 0. The molecular weight excluding hydrogens is 318 g/mol. The van der Waals surface area contributed by atoms with Crippen LogP contribution >= 0.6 is 0 Å². The molecule has 0 aliphatic rings. The number of benzene rings is 1. The van der Waals surface area contributed by atoms with E-state index in [2.05, 4.69) is 5.32 Å². The lowest BCUT2D eigenvalue weighted by Crippen LogP contribution is -2.48. The average molecular weight is 337 g/mol. The fraction of sp³-hybridized carbons (Fsp3) is 0.400. The maximum Gasteiger partial charge on any atom is 0.306 e. The number of nitrogens with zero attached hydrogens (tertiary/aromatic N) is 1. The van der Waals surface area contributed by atoms with Gasteiger partial charge in [0.15, 0.2) is 0 Å². The summed E-state index contributed by atoms with van der Waals surface area (Å²) in [5, 5.41) is 13.1. The fourth-order valence-electron chi connectivity index (χ4n) is 2.26.